The number of thioether (sulfide) groups is 2. The van der Waals surface area contributed by atoms with E-state index in [0.717, 1.165) is 6.42 Å². The highest BCUT2D eigenvalue weighted by molar-refractivity contribution is 8.21. The molecule has 2 heterocycles. The third-order valence-corrected chi connectivity index (χ3v) is 21.6. The fourth-order valence-electron chi connectivity index (χ4n) is 3.52. The van der Waals surface area contributed by atoms with E-state index >= 15 is 0 Å². The molecule has 0 aliphatic carbocycles. The van der Waals surface area contributed by atoms with Crippen LogP contribution in [0.1, 0.15) is 40.0 Å². The molecule has 6 heteroatoms. The van der Waals surface area contributed by atoms with Gasteiger partial charge >= 0.3 is 0 Å². The first-order chi connectivity index (χ1) is 10.3. The van der Waals surface area contributed by atoms with Crippen molar-refractivity contribution in [1.82, 2.24) is 4.57 Å². The van der Waals surface area contributed by atoms with E-state index in [9.17, 15) is 4.79 Å². The van der Waals surface area contributed by atoms with Crippen LogP contribution in [0, 0.1) is 0 Å². The molecule has 0 radical (unpaired) electrons. The van der Waals surface area contributed by atoms with E-state index in [1.54, 1.807) is 0 Å². The topological polar surface area (TPSA) is 20.3 Å². The van der Waals surface area contributed by atoms with Crippen molar-refractivity contribution >= 4 is 45.7 Å². The number of amides is 1. The fourth-order valence-corrected chi connectivity index (χ4v) is 13.8. The van der Waals surface area contributed by atoms with E-state index in [1.165, 1.54) is 24.3 Å². The number of carbonyl (C=O) groups is 1. The normalized spacial score (nSPS) is 26.2. The van der Waals surface area contributed by atoms with Gasteiger partial charge in [0.15, 0.2) is 8.24 Å². The van der Waals surface area contributed by atoms with Crippen LogP contribution in [0.4, 0.5) is 0 Å². The lowest BCUT2D eigenvalue weighted by molar-refractivity contribution is -0.139. The summed E-state index contributed by atoms with van der Waals surface area (Å²) < 4.78 is 2.77. The summed E-state index contributed by atoms with van der Waals surface area (Å²) in [7, 11) is -3.05. The molecule has 2 aliphatic heterocycles. The lowest BCUT2D eigenvalue weighted by atomic mass is 10.0. The zero-order valence-electron chi connectivity index (χ0n) is 16.3. The summed E-state index contributed by atoms with van der Waals surface area (Å²) in [5.41, 5.74) is 0. The van der Waals surface area contributed by atoms with Gasteiger partial charge in [-0.1, -0.05) is 53.5 Å². The highest BCUT2D eigenvalue weighted by Crippen LogP contribution is 2.54. The molecule has 1 amide bonds. The summed E-state index contributed by atoms with van der Waals surface area (Å²) in [5.74, 6) is 3.02. The zero-order chi connectivity index (χ0) is 17.7. The fraction of sp³-hybridized carbons (Fsp3) is 0.941. The molecule has 2 rings (SSSR count). The van der Waals surface area contributed by atoms with Crippen molar-refractivity contribution < 1.29 is 4.79 Å². The third-order valence-electron chi connectivity index (χ3n) is 6.09. The minimum absolute atomic E-state index is 0.237. The lowest BCUT2D eigenvalue weighted by Crippen LogP contribution is -2.69. The Morgan fingerprint density at radius 3 is 2.04 bits per heavy atom. The molecule has 134 valence electrons. The second-order valence-corrected chi connectivity index (χ2v) is 23.9. The van der Waals surface area contributed by atoms with E-state index < -0.39 is 16.3 Å². The Bertz CT molecular complexity index is 462. The third kappa shape index (κ3) is 3.60. The molecule has 23 heavy (non-hydrogen) atoms. The number of nitrogens with zero attached hydrogens (tertiary/aromatic N) is 1. The molecule has 0 aromatic rings. The Hall–Kier alpha value is 0.604. The Balaban J connectivity index is 2.23. The van der Waals surface area contributed by atoms with E-state index in [1.807, 2.05) is 0 Å². The van der Waals surface area contributed by atoms with Gasteiger partial charge < -0.3 is 4.57 Å². The van der Waals surface area contributed by atoms with Gasteiger partial charge in [-0.05, 0) is 29.4 Å². The molecule has 2 saturated heterocycles. The predicted molar refractivity (Wildman–Crippen MR) is 113 cm³/mol. The highest BCUT2D eigenvalue weighted by Gasteiger charge is 2.56. The van der Waals surface area contributed by atoms with Crippen molar-refractivity contribution in [3.05, 3.63) is 0 Å². The van der Waals surface area contributed by atoms with Gasteiger partial charge in [-0.15, -0.1) is 23.5 Å². The molecular weight excluding hydrogens is 354 g/mol. The molecule has 2 fully saturated rings. The van der Waals surface area contributed by atoms with Crippen molar-refractivity contribution in [2.45, 2.75) is 87.6 Å². The van der Waals surface area contributed by atoms with E-state index in [0.29, 0.717) is 15.7 Å². The SMILES string of the molecule is CC(C)(C)[Si](C)(C)N1C(=O)C[C@H]1CC1([Si](C)(C)C)SCCCS1. The first kappa shape index (κ1) is 19.9. The first-order valence-electron chi connectivity index (χ1n) is 8.92. The van der Waals surface area contributed by atoms with Crippen LogP contribution in [-0.2, 0) is 4.79 Å². The van der Waals surface area contributed by atoms with Crippen molar-refractivity contribution in [3.8, 4) is 0 Å². The minimum atomic E-state index is -1.74. The number of β-lactam (4-membered cyclic amide) rings is 1. The van der Waals surface area contributed by atoms with Crippen LogP contribution in [-0.4, -0.2) is 48.0 Å². The summed E-state index contributed by atoms with van der Waals surface area (Å²) in [6, 6.07) is 0.494. The second-order valence-electron chi connectivity index (χ2n) is 9.69. The van der Waals surface area contributed by atoms with Gasteiger partial charge in [-0.25, -0.2) is 0 Å². The molecule has 0 aromatic heterocycles. The standard InChI is InChI=1S/C17H35NOS2Si2/c1-16(2,3)23(7,8)18-14(12-15(18)19)13-17(22(4,5)6)20-10-9-11-21-17/h14H,9-13H2,1-8H3/t14-/m0/s1. The van der Waals surface area contributed by atoms with Crippen LogP contribution in [0.25, 0.3) is 0 Å². The molecule has 0 aromatic carbocycles. The predicted octanol–water partition coefficient (Wildman–Crippen LogP) is 5.43. The summed E-state index contributed by atoms with van der Waals surface area (Å²) in [6.45, 7) is 19.3. The van der Waals surface area contributed by atoms with Gasteiger partial charge in [0.25, 0.3) is 0 Å². The Morgan fingerprint density at radius 1 is 1.13 bits per heavy atom. The maximum atomic E-state index is 12.5. The van der Waals surface area contributed by atoms with E-state index in [4.69, 9.17) is 0 Å². The smallest absolute Gasteiger partial charge is 0.216 e. The number of carbonyl (C=O) groups excluding carboxylic acids is 1. The van der Waals surface area contributed by atoms with Gasteiger partial charge in [0, 0.05) is 12.5 Å². The Labute approximate surface area is 154 Å². The van der Waals surface area contributed by atoms with Crippen LogP contribution in [0.5, 0.6) is 0 Å². The minimum Gasteiger partial charge on any atom is -0.366 e. The van der Waals surface area contributed by atoms with Crippen LogP contribution in [0.3, 0.4) is 0 Å². The maximum absolute atomic E-state index is 12.5. The molecule has 0 saturated carbocycles. The molecular formula is C17H35NOS2Si2. The van der Waals surface area contributed by atoms with Gasteiger partial charge in [-0.3, -0.25) is 4.79 Å². The average Bonchev–Trinajstić information content (AvgIpc) is 2.35. The van der Waals surface area contributed by atoms with Crippen LogP contribution >= 0.6 is 23.5 Å². The van der Waals surface area contributed by atoms with Crippen LogP contribution < -0.4 is 0 Å². The highest BCUT2D eigenvalue weighted by atomic mass is 32.2. The van der Waals surface area contributed by atoms with E-state index in [2.05, 4.69) is 81.6 Å². The molecule has 2 nitrogen and oxygen atoms in total. The number of rotatable bonds is 4. The van der Waals surface area contributed by atoms with E-state index in [-0.39, 0.29) is 5.04 Å². The van der Waals surface area contributed by atoms with Gasteiger partial charge in [0.1, 0.15) is 0 Å². The maximum Gasteiger partial charge on any atom is 0.216 e. The number of hydrogen-bond donors (Lipinski definition) is 0. The molecule has 0 N–H and O–H groups in total. The summed E-state index contributed by atoms with van der Waals surface area (Å²) in [6.07, 6.45) is 3.35. The zero-order valence-corrected chi connectivity index (χ0v) is 19.9. The monoisotopic (exact) mass is 389 g/mol. The van der Waals surface area contributed by atoms with Crippen LogP contribution in [0.2, 0.25) is 37.8 Å². The van der Waals surface area contributed by atoms with Gasteiger partial charge in [-0.2, -0.15) is 0 Å². The summed E-state index contributed by atoms with van der Waals surface area (Å²) >= 11 is 4.44. The van der Waals surface area contributed by atoms with Crippen molar-refractivity contribution in [3.63, 3.8) is 0 Å². The van der Waals surface area contributed by atoms with Crippen LogP contribution in [0.15, 0.2) is 0 Å². The quantitative estimate of drug-likeness (QED) is 0.472. The molecule has 0 unspecified atom stereocenters. The molecule has 2 aliphatic rings. The Morgan fingerprint density at radius 2 is 1.65 bits per heavy atom. The summed E-state index contributed by atoms with van der Waals surface area (Å²) in [5, 5.41) is 0.237. The lowest BCUT2D eigenvalue weighted by Gasteiger charge is -2.58. The largest absolute Gasteiger partial charge is 0.366 e. The molecule has 1 atom stereocenters. The molecule has 0 bridgehead atoms. The van der Waals surface area contributed by atoms with Gasteiger partial charge in [0.05, 0.1) is 11.8 Å². The van der Waals surface area contributed by atoms with Crippen molar-refractivity contribution in [1.29, 1.82) is 0 Å². The molecule has 0 spiro atoms. The van der Waals surface area contributed by atoms with Crippen molar-refractivity contribution in [2.75, 3.05) is 11.5 Å². The number of hydrogen-bond acceptors (Lipinski definition) is 3. The second kappa shape index (κ2) is 6.40. The van der Waals surface area contributed by atoms with Crippen molar-refractivity contribution in [2.24, 2.45) is 0 Å². The Kier molecular flexibility index (Phi) is 5.54. The van der Waals surface area contributed by atoms with Gasteiger partial charge in [0.2, 0.25) is 5.91 Å². The summed E-state index contributed by atoms with van der Waals surface area (Å²) in [4.78, 5) is 12.5. The average molecular weight is 390 g/mol. The first-order valence-corrected chi connectivity index (χ1v) is 17.3.